The third kappa shape index (κ3) is 2.97. The zero-order valence-corrected chi connectivity index (χ0v) is 12.4. The monoisotopic (exact) mass is 268 g/mol. The molecule has 0 saturated carbocycles. The summed E-state index contributed by atoms with van der Waals surface area (Å²) >= 11 is 0. The predicted octanol–water partition coefficient (Wildman–Crippen LogP) is 1.46. The molecule has 0 bridgehead atoms. The standard InChI is InChI=1S/C15H28N2O2/c1-14(5-6-16-11-14)12-17-7-3-4-13(10-17)15(2)18-8-9-19-15/h13,16H,3-12H2,1-2H3. The Kier molecular flexibility index (Phi) is 3.87. The van der Waals surface area contributed by atoms with Crippen LogP contribution in [0.5, 0.6) is 0 Å². The highest BCUT2D eigenvalue weighted by molar-refractivity contribution is 4.90. The number of piperidine rings is 1. The maximum atomic E-state index is 5.86. The lowest BCUT2D eigenvalue weighted by atomic mass is 9.85. The van der Waals surface area contributed by atoms with Crippen LogP contribution in [0.4, 0.5) is 0 Å². The van der Waals surface area contributed by atoms with Gasteiger partial charge in [-0.3, -0.25) is 0 Å². The van der Waals surface area contributed by atoms with E-state index in [4.69, 9.17) is 9.47 Å². The first-order valence-corrected chi connectivity index (χ1v) is 7.81. The van der Waals surface area contributed by atoms with E-state index in [9.17, 15) is 0 Å². The number of likely N-dealkylation sites (tertiary alicyclic amines) is 1. The molecule has 3 saturated heterocycles. The summed E-state index contributed by atoms with van der Waals surface area (Å²) in [7, 11) is 0. The topological polar surface area (TPSA) is 33.7 Å². The van der Waals surface area contributed by atoms with Crippen LogP contribution in [0.3, 0.4) is 0 Å². The van der Waals surface area contributed by atoms with Gasteiger partial charge in [-0.05, 0) is 44.7 Å². The van der Waals surface area contributed by atoms with E-state index in [0.29, 0.717) is 11.3 Å². The highest BCUT2D eigenvalue weighted by Crippen LogP contribution is 2.35. The van der Waals surface area contributed by atoms with E-state index >= 15 is 0 Å². The van der Waals surface area contributed by atoms with E-state index in [1.54, 1.807) is 0 Å². The van der Waals surface area contributed by atoms with Crippen LogP contribution in [-0.2, 0) is 9.47 Å². The highest BCUT2D eigenvalue weighted by Gasteiger charge is 2.42. The molecule has 3 rings (SSSR count). The second-order valence-electron chi connectivity index (χ2n) is 7.02. The Balaban J connectivity index is 1.58. The molecule has 3 aliphatic rings. The van der Waals surface area contributed by atoms with Crippen LogP contribution in [0.15, 0.2) is 0 Å². The lowest BCUT2D eigenvalue weighted by molar-refractivity contribution is -0.192. The normalized spacial score (nSPS) is 39.8. The fraction of sp³-hybridized carbons (Fsp3) is 1.00. The minimum absolute atomic E-state index is 0.326. The molecule has 0 radical (unpaired) electrons. The minimum Gasteiger partial charge on any atom is -0.347 e. The first-order valence-electron chi connectivity index (χ1n) is 7.81. The van der Waals surface area contributed by atoms with Gasteiger partial charge in [0.2, 0.25) is 0 Å². The molecule has 19 heavy (non-hydrogen) atoms. The SMILES string of the molecule is CC1(CN2CCCC(C3(C)OCCO3)C2)CCNC1. The Morgan fingerprint density at radius 1 is 1.26 bits per heavy atom. The van der Waals surface area contributed by atoms with Crippen LogP contribution in [0.2, 0.25) is 0 Å². The van der Waals surface area contributed by atoms with E-state index in [2.05, 4.69) is 24.1 Å². The van der Waals surface area contributed by atoms with E-state index in [1.165, 1.54) is 45.4 Å². The van der Waals surface area contributed by atoms with Gasteiger partial charge in [-0.2, -0.15) is 0 Å². The van der Waals surface area contributed by atoms with Crippen LogP contribution in [0.25, 0.3) is 0 Å². The summed E-state index contributed by atoms with van der Waals surface area (Å²) in [6, 6.07) is 0. The molecule has 2 unspecified atom stereocenters. The molecule has 2 atom stereocenters. The van der Waals surface area contributed by atoms with Crippen LogP contribution in [0, 0.1) is 11.3 Å². The van der Waals surface area contributed by atoms with Crippen LogP contribution in [0.1, 0.15) is 33.1 Å². The van der Waals surface area contributed by atoms with Crippen molar-refractivity contribution in [2.45, 2.75) is 38.9 Å². The van der Waals surface area contributed by atoms with Crippen molar-refractivity contribution in [3.63, 3.8) is 0 Å². The summed E-state index contributed by atoms with van der Waals surface area (Å²) < 4.78 is 11.7. The zero-order chi connectivity index (χ0) is 13.3. The van der Waals surface area contributed by atoms with Gasteiger partial charge in [0.05, 0.1) is 13.2 Å². The molecule has 1 N–H and O–H groups in total. The third-order valence-corrected chi connectivity index (χ3v) is 5.17. The molecule has 0 aliphatic carbocycles. The first kappa shape index (κ1) is 13.8. The van der Waals surface area contributed by atoms with Crippen molar-refractivity contribution in [2.75, 3.05) is 45.9 Å². The van der Waals surface area contributed by atoms with Crippen molar-refractivity contribution in [1.82, 2.24) is 10.2 Å². The summed E-state index contributed by atoms with van der Waals surface area (Å²) in [6.45, 7) is 12.0. The Morgan fingerprint density at radius 3 is 2.74 bits per heavy atom. The van der Waals surface area contributed by atoms with E-state index < -0.39 is 0 Å². The number of nitrogens with zero attached hydrogens (tertiary/aromatic N) is 1. The Hall–Kier alpha value is -0.160. The number of nitrogens with one attached hydrogen (secondary N) is 1. The van der Waals surface area contributed by atoms with Gasteiger partial charge in [0.25, 0.3) is 0 Å². The van der Waals surface area contributed by atoms with Gasteiger partial charge >= 0.3 is 0 Å². The van der Waals surface area contributed by atoms with Crippen LogP contribution in [-0.4, -0.2) is 56.6 Å². The maximum absolute atomic E-state index is 5.86. The van der Waals surface area contributed by atoms with E-state index in [-0.39, 0.29) is 5.79 Å². The second-order valence-corrected chi connectivity index (χ2v) is 7.02. The van der Waals surface area contributed by atoms with E-state index in [1.807, 2.05) is 0 Å². The number of ether oxygens (including phenoxy) is 2. The summed E-state index contributed by atoms with van der Waals surface area (Å²) in [5, 5.41) is 3.50. The van der Waals surface area contributed by atoms with Gasteiger partial charge in [0.1, 0.15) is 0 Å². The summed E-state index contributed by atoms with van der Waals surface area (Å²) in [4.78, 5) is 2.64. The molecule has 0 aromatic heterocycles. The molecule has 0 amide bonds. The Labute approximate surface area is 116 Å². The number of hydrogen-bond acceptors (Lipinski definition) is 4. The largest absolute Gasteiger partial charge is 0.347 e. The summed E-state index contributed by atoms with van der Waals surface area (Å²) in [5.41, 5.74) is 0.459. The lowest BCUT2D eigenvalue weighted by Gasteiger charge is -2.42. The average Bonchev–Trinajstić information content (AvgIpc) is 3.00. The molecule has 0 aromatic carbocycles. The minimum atomic E-state index is -0.326. The fourth-order valence-electron chi connectivity index (χ4n) is 3.94. The van der Waals surface area contributed by atoms with Crippen LogP contribution >= 0.6 is 0 Å². The molecular formula is C15H28N2O2. The Bertz CT molecular complexity index is 309. The molecular weight excluding hydrogens is 240 g/mol. The van der Waals surface area contributed by atoms with Gasteiger partial charge in [-0.1, -0.05) is 6.92 Å². The molecule has 4 heteroatoms. The first-order chi connectivity index (χ1) is 9.10. The number of hydrogen-bond donors (Lipinski definition) is 1. The molecule has 3 aliphatic heterocycles. The van der Waals surface area contributed by atoms with Gasteiger partial charge < -0.3 is 19.7 Å². The van der Waals surface area contributed by atoms with Gasteiger partial charge in [0.15, 0.2) is 5.79 Å². The molecule has 0 spiro atoms. The van der Waals surface area contributed by atoms with Gasteiger partial charge in [-0.15, -0.1) is 0 Å². The number of rotatable bonds is 3. The highest BCUT2D eigenvalue weighted by atomic mass is 16.7. The summed E-state index contributed by atoms with van der Waals surface area (Å²) in [5.74, 6) is 0.203. The Morgan fingerprint density at radius 2 is 2.05 bits per heavy atom. The third-order valence-electron chi connectivity index (χ3n) is 5.17. The van der Waals surface area contributed by atoms with Crippen molar-refractivity contribution in [3.05, 3.63) is 0 Å². The van der Waals surface area contributed by atoms with Crippen molar-refractivity contribution in [1.29, 1.82) is 0 Å². The van der Waals surface area contributed by atoms with Crippen molar-refractivity contribution >= 4 is 0 Å². The molecule has 3 fully saturated rings. The quantitative estimate of drug-likeness (QED) is 0.840. The molecule has 110 valence electrons. The summed E-state index contributed by atoms with van der Waals surface area (Å²) in [6.07, 6.45) is 3.82. The zero-order valence-electron chi connectivity index (χ0n) is 12.4. The van der Waals surface area contributed by atoms with Gasteiger partial charge in [-0.25, -0.2) is 0 Å². The second kappa shape index (κ2) is 5.32. The lowest BCUT2D eigenvalue weighted by Crippen LogP contribution is -2.49. The molecule has 3 heterocycles. The molecule has 4 nitrogen and oxygen atoms in total. The van der Waals surface area contributed by atoms with Crippen molar-refractivity contribution in [2.24, 2.45) is 11.3 Å². The van der Waals surface area contributed by atoms with Crippen molar-refractivity contribution < 1.29 is 9.47 Å². The average molecular weight is 268 g/mol. The smallest absolute Gasteiger partial charge is 0.169 e. The van der Waals surface area contributed by atoms with Crippen LogP contribution < -0.4 is 5.32 Å². The van der Waals surface area contributed by atoms with Gasteiger partial charge in [0, 0.05) is 25.6 Å². The fourth-order valence-corrected chi connectivity index (χ4v) is 3.94. The molecule has 0 aromatic rings. The van der Waals surface area contributed by atoms with E-state index in [0.717, 1.165) is 19.8 Å². The van der Waals surface area contributed by atoms with Crippen molar-refractivity contribution in [3.8, 4) is 0 Å². The predicted molar refractivity (Wildman–Crippen MR) is 75.1 cm³/mol. The maximum Gasteiger partial charge on any atom is 0.169 e.